The van der Waals surface area contributed by atoms with Crippen LogP contribution in [0.25, 0.3) is 22.5 Å². The predicted molar refractivity (Wildman–Crippen MR) is 105 cm³/mol. The first-order chi connectivity index (χ1) is 13.4. The normalized spacial score (nSPS) is 11.5. The van der Waals surface area contributed by atoms with E-state index in [4.69, 9.17) is 13.8 Å². The third-order valence-corrected chi connectivity index (χ3v) is 4.60. The lowest BCUT2D eigenvalue weighted by Crippen LogP contribution is -2.26. The van der Waals surface area contributed by atoms with E-state index >= 15 is 0 Å². The molecule has 0 atom stereocenters. The molecule has 28 heavy (non-hydrogen) atoms. The van der Waals surface area contributed by atoms with Crippen LogP contribution in [0.1, 0.15) is 41.8 Å². The maximum atomic E-state index is 13.3. The number of nitrogens with zero attached hydrogens (tertiary/aromatic N) is 4. The quantitative estimate of drug-likeness (QED) is 0.513. The topological polar surface area (TPSA) is 77.3 Å². The third-order valence-electron chi connectivity index (χ3n) is 4.60. The summed E-state index contributed by atoms with van der Waals surface area (Å²) >= 11 is 0. The third kappa shape index (κ3) is 3.19. The van der Waals surface area contributed by atoms with Gasteiger partial charge in [0.1, 0.15) is 17.2 Å². The molecule has 1 amide bonds. The van der Waals surface area contributed by atoms with Crippen LogP contribution in [0.4, 0.5) is 0 Å². The van der Waals surface area contributed by atoms with Gasteiger partial charge in [0.15, 0.2) is 11.4 Å². The molecule has 7 heteroatoms. The summed E-state index contributed by atoms with van der Waals surface area (Å²) < 4.78 is 12.9. The molecule has 4 aromatic heterocycles. The van der Waals surface area contributed by atoms with E-state index in [1.165, 1.54) is 0 Å². The molecule has 4 aromatic rings. The van der Waals surface area contributed by atoms with Gasteiger partial charge in [0, 0.05) is 13.1 Å². The fraction of sp³-hybridized carbons (Fsp3) is 0.286. The van der Waals surface area contributed by atoms with E-state index in [1.54, 1.807) is 36.5 Å². The van der Waals surface area contributed by atoms with Crippen molar-refractivity contribution in [2.75, 3.05) is 7.05 Å². The maximum Gasteiger partial charge on any atom is 0.254 e. The Morgan fingerprint density at radius 2 is 2.11 bits per heavy atom. The fourth-order valence-corrected chi connectivity index (χ4v) is 3.20. The zero-order valence-corrected chi connectivity index (χ0v) is 16.3. The number of hydrogen-bond donors (Lipinski definition) is 0. The zero-order valence-electron chi connectivity index (χ0n) is 16.3. The first-order valence-electron chi connectivity index (χ1n) is 9.17. The summed E-state index contributed by atoms with van der Waals surface area (Å²) in [5.41, 5.74) is 1.80. The molecule has 7 nitrogen and oxygen atoms in total. The number of aryl methyl sites for hydroxylation is 1. The molecule has 0 aromatic carbocycles. The molecule has 0 aliphatic heterocycles. The van der Waals surface area contributed by atoms with E-state index in [0.29, 0.717) is 29.2 Å². The maximum absolute atomic E-state index is 13.3. The first-order valence-corrected chi connectivity index (χ1v) is 9.17. The Balaban J connectivity index is 1.79. The summed E-state index contributed by atoms with van der Waals surface area (Å²) in [6.45, 7) is 6.32. The van der Waals surface area contributed by atoms with Crippen LogP contribution >= 0.6 is 0 Å². The van der Waals surface area contributed by atoms with Gasteiger partial charge in [-0.1, -0.05) is 0 Å². The summed E-state index contributed by atoms with van der Waals surface area (Å²) in [6, 6.07) is 9.27. The van der Waals surface area contributed by atoms with Crippen molar-refractivity contribution in [1.29, 1.82) is 0 Å². The lowest BCUT2D eigenvalue weighted by molar-refractivity contribution is 0.0777. The van der Waals surface area contributed by atoms with Crippen molar-refractivity contribution in [2.24, 2.45) is 0 Å². The standard InChI is InChI=1S/C21H22N4O3/c1-13(2)25-20-17(11-22-25)16(10-18(23-20)19-6-5-9-27-19)21(26)24(4)12-15-8-7-14(3)28-15/h5-11,13H,12H2,1-4H3. The molecule has 0 N–H and O–H groups in total. The van der Waals surface area contributed by atoms with Crippen LogP contribution in [0, 0.1) is 6.92 Å². The largest absolute Gasteiger partial charge is 0.464 e. The summed E-state index contributed by atoms with van der Waals surface area (Å²) in [7, 11) is 1.76. The van der Waals surface area contributed by atoms with E-state index in [2.05, 4.69) is 5.10 Å². The van der Waals surface area contributed by atoms with Crippen LogP contribution in [-0.4, -0.2) is 32.6 Å². The van der Waals surface area contributed by atoms with Crippen molar-refractivity contribution in [2.45, 2.75) is 33.4 Å². The Labute approximate surface area is 162 Å². The second kappa shape index (κ2) is 6.99. The van der Waals surface area contributed by atoms with Crippen LogP contribution in [0.5, 0.6) is 0 Å². The molecule has 4 heterocycles. The number of furan rings is 2. The molecule has 0 unspecified atom stereocenters. The van der Waals surface area contributed by atoms with E-state index in [9.17, 15) is 4.79 Å². The number of hydrogen-bond acceptors (Lipinski definition) is 5. The van der Waals surface area contributed by atoms with Gasteiger partial charge in [-0.05, 0) is 51.1 Å². The van der Waals surface area contributed by atoms with Crippen LogP contribution in [-0.2, 0) is 6.54 Å². The van der Waals surface area contributed by atoms with Gasteiger partial charge in [-0.15, -0.1) is 0 Å². The van der Waals surface area contributed by atoms with Gasteiger partial charge in [-0.25, -0.2) is 9.67 Å². The lowest BCUT2D eigenvalue weighted by Gasteiger charge is -2.17. The number of aromatic nitrogens is 3. The van der Waals surface area contributed by atoms with E-state index < -0.39 is 0 Å². The van der Waals surface area contributed by atoms with Crippen molar-refractivity contribution in [3.05, 3.63) is 59.9 Å². The molecule has 0 aliphatic carbocycles. The van der Waals surface area contributed by atoms with Crippen molar-refractivity contribution in [3.8, 4) is 11.5 Å². The number of fused-ring (bicyclic) bond motifs is 1. The van der Waals surface area contributed by atoms with Crippen molar-refractivity contribution < 1.29 is 13.6 Å². The minimum atomic E-state index is -0.127. The smallest absolute Gasteiger partial charge is 0.254 e. The molecule has 0 radical (unpaired) electrons. The molecule has 0 saturated heterocycles. The summed E-state index contributed by atoms with van der Waals surface area (Å²) in [6.07, 6.45) is 3.29. The van der Waals surface area contributed by atoms with Gasteiger partial charge in [0.2, 0.25) is 0 Å². The minimum Gasteiger partial charge on any atom is -0.464 e. The average Bonchev–Trinajstić information content (AvgIpc) is 3.40. The van der Waals surface area contributed by atoms with Gasteiger partial charge in [0.25, 0.3) is 5.91 Å². The molecule has 0 aliphatic rings. The highest BCUT2D eigenvalue weighted by molar-refractivity contribution is 6.06. The highest BCUT2D eigenvalue weighted by Crippen LogP contribution is 2.27. The van der Waals surface area contributed by atoms with E-state index in [-0.39, 0.29) is 11.9 Å². The second-order valence-corrected chi connectivity index (χ2v) is 7.13. The highest BCUT2D eigenvalue weighted by atomic mass is 16.3. The molecular weight excluding hydrogens is 356 g/mol. The van der Waals surface area contributed by atoms with Crippen molar-refractivity contribution >= 4 is 16.9 Å². The van der Waals surface area contributed by atoms with Gasteiger partial charge in [0.05, 0.1) is 30.0 Å². The summed E-state index contributed by atoms with van der Waals surface area (Å²) in [5, 5.41) is 5.16. The number of carbonyl (C=O) groups is 1. The molecule has 0 fully saturated rings. The predicted octanol–water partition coefficient (Wildman–Crippen LogP) is 4.45. The lowest BCUT2D eigenvalue weighted by atomic mass is 10.1. The van der Waals surface area contributed by atoms with Crippen LogP contribution in [0.3, 0.4) is 0 Å². The average molecular weight is 378 g/mol. The Morgan fingerprint density at radius 3 is 2.75 bits per heavy atom. The molecule has 144 valence electrons. The Hall–Kier alpha value is -3.35. The summed E-state index contributed by atoms with van der Waals surface area (Å²) in [4.78, 5) is 19.6. The van der Waals surface area contributed by atoms with Gasteiger partial charge < -0.3 is 13.7 Å². The van der Waals surface area contributed by atoms with Crippen molar-refractivity contribution in [3.63, 3.8) is 0 Å². The van der Waals surface area contributed by atoms with Crippen LogP contribution in [0.15, 0.2) is 51.6 Å². The van der Waals surface area contributed by atoms with E-state index in [0.717, 1.165) is 16.9 Å². The molecule has 4 rings (SSSR count). The molecule has 0 spiro atoms. The Bertz CT molecular complexity index is 1120. The molecular formula is C21H22N4O3. The van der Waals surface area contributed by atoms with Crippen molar-refractivity contribution in [1.82, 2.24) is 19.7 Å². The monoisotopic (exact) mass is 378 g/mol. The Kier molecular flexibility index (Phi) is 4.50. The van der Waals surface area contributed by atoms with Gasteiger partial charge in [-0.3, -0.25) is 4.79 Å². The zero-order chi connectivity index (χ0) is 19.8. The SMILES string of the molecule is Cc1ccc(CN(C)C(=O)c2cc(-c3ccco3)nc3c2cnn3C(C)C)o1. The van der Waals surface area contributed by atoms with Gasteiger partial charge in [-0.2, -0.15) is 5.10 Å². The summed E-state index contributed by atoms with van der Waals surface area (Å²) in [5.74, 6) is 2.04. The highest BCUT2D eigenvalue weighted by Gasteiger charge is 2.22. The molecule has 0 bridgehead atoms. The molecule has 0 saturated carbocycles. The number of carbonyl (C=O) groups excluding carboxylic acids is 1. The van der Waals surface area contributed by atoms with Crippen LogP contribution < -0.4 is 0 Å². The van der Waals surface area contributed by atoms with E-state index in [1.807, 2.05) is 43.7 Å². The fourth-order valence-electron chi connectivity index (χ4n) is 3.20. The van der Waals surface area contributed by atoms with Crippen LogP contribution in [0.2, 0.25) is 0 Å². The number of pyridine rings is 1. The Morgan fingerprint density at radius 1 is 1.29 bits per heavy atom. The van der Waals surface area contributed by atoms with Gasteiger partial charge >= 0.3 is 0 Å². The number of rotatable bonds is 5. The second-order valence-electron chi connectivity index (χ2n) is 7.13. The minimum absolute atomic E-state index is 0.114. The first kappa shape index (κ1) is 18.0. The number of amides is 1.